The maximum absolute atomic E-state index is 12.5. The molecule has 0 aliphatic rings. The van der Waals surface area contributed by atoms with E-state index in [1.165, 1.54) is 6.08 Å². The van der Waals surface area contributed by atoms with Gasteiger partial charge in [0.15, 0.2) is 11.6 Å². The number of carbonyl (C=O) groups excluding carboxylic acids is 1. The molecule has 1 heterocycles. The second-order valence-corrected chi connectivity index (χ2v) is 8.99. The molecule has 0 saturated carbocycles. The minimum atomic E-state index is -3.34. The summed E-state index contributed by atoms with van der Waals surface area (Å²) in [5.41, 5.74) is 3.40. The molecule has 0 saturated heterocycles. The lowest BCUT2D eigenvalue weighted by Gasteiger charge is -2.07. The highest BCUT2D eigenvalue weighted by molar-refractivity contribution is 7.92. The zero-order valence-electron chi connectivity index (χ0n) is 17.7. The largest absolute Gasteiger partial charge is 0.322 e. The Balaban J connectivity index is 1.47. The smallest absolute Gasteiger partial charge is 0.248 e. The molecule has 166 valence electrons. The van der Waals surface area contributed by atoms with Crippen LogP contribution in [0.1, 0.15) is 5.56 Å². The van der Waals surface area contributed by atoms with Crippen LogP contribution in [0.5, 0.6) is 0 Å². The number of hydrogen-bond acceptors (Lipinski definition) is 5. The third-order valence-electron chi connectivity index (χ3n) is 4.60. The predicted octanol–water partition coefficient (Wildman–Crippen LogP) is 4.16. The Kier molecular flexibility index (Phi) is 6.32. The number of H-pyrrole nitrogens is 1. The molecule has 0 bridgehead atoms. The number of aromatic amines is 1. The van der Waals surface area contributed by atoms with Crippen LogP contribution in [0.25, 0.3) is 28.9 Å². The van der Waals surface area contributed by atoms with Gasteiger partial charge in [0.25, 0.3) is 0 Å². The Labute approximate surface area is 191 Å². The van der Waals surface area contributed by atoms with E-state index in [2.05, 4.69) is 25.2 Å². The summed E-state index contributed by atoms with van der Waals surface area (Å²) in [5, 5.41) is 10.1. The van der Waals surface area contributed by atoms with Crippen molar-refractivity contribution in [1.82, 2.24) is 15.2 Å². The van der Waals surface area contributed by atoms with E-state index < -0.39 is 10.0 Å². The first-order chi connectivity index (χ1) is 15.9. The van der Waals surface area contributed by atoms with Crippen LogP contribution in [0.3, 0.4) is 0 Å². The van der Waals surface area contributed by atoms with Gasteiger partial charge in [-0.05, 0) is 35.9 Å². The van der Waals surface area contributed by atoms with Crippen molar-refractivity contribution in [2.45, 2.75) is 0 Å². The molecule has 8 nitrogen and oxygen atoms in total. The van der Waals surface area contributed by atoms with Gasteiger partial charge in [-0.3, -0.25) is 14.6 Å². The number of aromatic nitrogens is 3. The summed E-state index contributed by atoms with van der Waals surface area (Å²) in [6.07, 6.45) is 4.14. The van der Waals surface area contributed by atoms with Gasteiger partial charge in [0.1, 0.15) is 0 Å². The lowest BCUT2D eigenvalue weighted by atomic mass is 10.1. The minimum absolute atomic E-state index is 0.316. The summed E-state index contributed by atoms with van der Waals surface area (Å²) >= 11 is 0. The van der Waals surface area contributed by atoms with Crippen molar-refractivity contribution < 1.29 is 13.2 Å². The quantitative estimate of drug-likeness (QED) is 0.359. The molecule has 0 fully saturated rings. The first-order valence-corrected chi connectivity index (χ1v) is 11.9. The number of carbonyl (C=O) groups is 1. The molecule has 1 amide bonds. The fraction of sp³-hybridized carbons (Fsp3) is 0.0417. The van der Waals surface area contributed by atoms with Crippen molar-refractivity contribution in [3.63, 3.8) is 0 Å². The summed E-state index contributed by atoms with van der Waals surface area (Å²) in [5.74, 6) is 0.798. The van der Waals surface area contributed by atoms with Gasteiger partial charge in [0.05, 0.1) is 11.9 Å². The third kappa shape index (κ3) is 5.92. The molecule has 9 heteroatoms. The van der Waals surface area contributed by atoms with Crippen molar-refractivity contribution in [2.24, 2.45) is 0 Å². The van der Waals surface area contributed by atoms with E-state index in [0.29, 0.717) is 28.6 Å². The van der Waals surface area contributed by atoms with E-state index in [1.54, 1.807) is 36.4 Å². The number of nitrogens with zero attached hydrogens (tertiary/aromatic N) is 2. The predicted molar refractivity (Wildman–Crippen MR) is 130 cm³/mol. The Hall–Kier alpha value is -4.24. The summed E-state index contributed by atoms with van der Waals surface area (Å²) in [6.45, 7) is 0. The Morgan fingerprint density at radius 1 is 0.939 bits per heavy atom. The number of anilines is 2. The SMILES string of the molecule is CS(=O)(=O)Nc1ccc(/C=C/C(=O)Nc2ccccc2-c2nc(-c3ccccc3)n[nH]2)cc1. The second-order valence-electron chi connectivity index (χ2n) is 7.24. The van der Waals surface area contributed by atoms with Gasteiger partial charge in [-0.2, -0.15) is 5.10 Å². The fourth-order valence-electron chi connectivity index (χ4n) is 3.12. The Morgan fingerprint density at radius 2 is 1.64 bits per heavy atom. The lowest BCUT2D eigenvalue weighted by Crippen LogP contribution is -2.09. The summed E-state index contributed by atoms with van der Waals surface area (Å²) < 4.78 is 25.0. The minimum Gasteiger partial charge on any atom is -0.322 e. The monoisotopic (exact) mass is 459 g/mol. The van der Waals surface area contributed by atoms with Gasteiger partial charge < -0.3 is 5.32 Å². The molecule has 3 N–H and O–H groups in total. The zero-order valence-corrected chi connectivity index (χ0v) is 18.5. The molecule has 1 aromatic heterocycles. The maximum Gasteiger partial charge on any atom is 0.248 e. The van der Waals surface area contributed by atoms with E-state index in [-0.39, 0.29) is 5.91 Å². The standard InChI is InChI=1S/C24H21N5O3S/c1-33(31,32)29-19-14-11-17(12-15-19)13-16-22(30)25-21-10-6-5-9-20(21)24-26-23(27-28-24)18-7-3-2-4-8-18/h2-16,29H,1H3,(H,25,30)(H,26,27,28)/b16-13+. The molecule has 0 aliphatic carbocycles. The Bertz CT molecular complexity index is 1400. The molecule has 0 atom stereocenters. The number of sulfonamides is 1. The molecule has 0 unspecified atom stereocenters. The number of para-hydroxylation sites is 1. The number of rotatable bonds is 7. The van der Waals surface area contributed by atoms with Crippen LogP contribution in [-0.4, -0.2) is 35.8 Å². The molecule has 0 aliphatic heterocycles. The van der Waals surface area contributed by atoms with Crippen LogP contribution >= 0.6 is 0 Å². The van der Waals surface area contributed by atoms with Gasteiger partial charge in [-0.15, -0.1) is 0 Å². The average molecular weight is 460 g/mol. The van der Waals surface area contributed by atoms with Gasteiger partial charge in [0.2, 0.25) is 15.9 Å². The molecular formula is C24H21N5O3S. The topological polar surface area (TPSA) is 117 Å². The molecule has 3 aromatic carbocycles. The Morgan fingerprint density at radius 3 is 2.36 bits per heavy atom. The maximum atomic E-state index is 12.5. The number of benzene rings is 3. The van der Waals surface area contributed by atoms with E-state index in [0.717, 1.165) is 17.4 Å². The van der Waals surface area contributed by atoms with E-state index in [4.69, 9.17) is 0 Å². The van der Waals surface area contributed by atoms with Crippen molar-refractivity contribution in [3.8, 4) is 22.8 Å². The second kappa shape index (κ2) is 9.49. The van der Waals surface area contributed by atoms with Crippen molar-refractivity contribution in [3.05, 3.63) is 90.5 Å². The highest BCUT2D eigenvalue weighted by Gasteiger charge is 2.12. The number of nitrogens with one attached hydrogen (secondary N) is 3. The average Bonchev–Trinajstić information content (AvgIpc) is 3.29. The van der Waals surface area contributed by atoms with Crippen molar-refractivity contribution in [1.29, 1.82) is 0 Å². The van der Waals surface area contributed by atoms with Crippen molar-refractivity contribution >= 4 is 33.4 Å². The highest BCUT2D eigenvalue weighted by Crippen LogP contribution is 2.26. The molecule has 4 rings (SSSR count). The number of hydrogen-bond donors (Lipinski definition) is 3. The summed E-state index contributed by atoms with van der Waals surface area (Å²) in [6, 6.07) is 23.6. The summed E-state index contributed by atoms with van der Waals surface area (Å²) in [7, 11) is -3.34. The van der Waals surface area contributed by atoms with Crippen LogP contribution in [-0.2, 0) is 14.8 Å². The summed E-state index contributed by atoms with van der Waals surface area (Å²) in [4.78, 5) is 17.1. The number of amides is 1. The fourth-order valence-corrected chi connectivity index (χ4v) is 3.68. The highest BCUT2D eigenvalue weighted by atomic mass is 32.2. The van der Waals surface area contributed by atoms with E-state index >= 15 is 0 Å². The first kappa shape index (κ1) is 22.0. The first-order valence-electron chi connectivity index (χ1n) is 10.0. The van der Waals surface area contributed by atoms with Gasteiger partial charge in [0, 0.05) is 22.9 Å². The third-order valence-corrected chi connectivity index (χ3v) is 5.21. The van der Waals surface area contributed by atoms with Gasteiger partial charge >= 0.3 is 0 Å². The van der Waals surface area contributed by atoms with Crippen LogP contribution in [0, 0.1) is 0 Å². The van der Waals surface area contributed by atoms with Gasteiger partial charge in [-0.25, -0.2) is 13.4 Å². The molecule has 0 radical (unpaired) electrons. The lowest BCUT2D eigenvalue weighted by molar-refractivity contribution is -0.111. The molecular weight excluding hydrogens is 438 g/mol. The molecule has 4 aromatic rings. The normalized spacial score (nSPS) is 11.4. The van der Waals surface area contributed by atoms with Crippen LogP contribution in [0.2, 0.25) is 0 Å². The van der Waals surface area contributed by atoms with Crippen LogP contribution in [0.4, 0.5) is 11.4 Å². The molecule has 0 spiro atoms. The molecule has 33 heavy (non-hydrogen) atoms. The van der Waals surface area contributed by atoms with Crippen molar-refractivity contribution in [2.75, 3.05) is 16.3 Å². The van der Waals surface area contributed by atoms with Gasteiger partial charge in [-0.1, -0.05) is 54.6 Å². The van der Waals surface area contributed by atoms with Crippen LogP contribution < -0.4 is 10.0 Å². The zero-order chi connectivity index (χ0) is 23.3. The van der Waals surface area contributed by atoms with E-state index in [1.807, 2.05) is 48.5 Å². The van der Waals surface area contributed by atoms with E-state index in [9.17, 15) is 13.2 Å². The van der Waals surface area contributed by atoms with Crippen LogP contribution in [0.15, 0.2) is 84.9 Å².